The van der Waals surface area contributed by atoms with Crippen LogP contribution < -0.4 is 5.32 Å². The average molecular weight is 364 g/mol. The third-order valence-corrected chi connectivity index (χ3v) is 5.30. The first-order valence-electron chi connectivity index (χ1n) is 8.48. The fourth-order valence-corrected chi connectivity index (χ4v) is 3.81. The van der Waals surface area contributed by atoms with Crippen LogP contribution in [0.2, 0.25) is 0 Å². The summed E-state index contributed by atoms with van der Waals surface area (Å²) >= 11 is 1.64. The zero-order valence-corrected chi connectivity index (χ0v) is 15.6. The van der Waals surface area contributed by atoms with Crippen molar-refractivity contribution in [3.05, 3.63) is 60.7 Å². The minimum atomic E-state index is 0.660. The van der Waals surface area contributed by atoms with E-state index in [9.17, 15) is 0 Å². The second-order valence-electron chi connectivity index (χ2n) is 6.06. The number of pyridine rings is 1. The van der Waals surface area contributed by atoms with Crippen molar-refractivity contribution in [1.82, 2.24) is 14.4 Å². The molecule has 0 aliphatic heterocycles. The van der Waals surface area contributed by atoms with E-state index in [1.165, 1.54) is 11.1 Å². The van der Waals surface area contributed by atoms with Crippen molar-refractivity contribution in [2.24, 2.45) is 0 Å². The number of aryl methyl sites for hydroxylation is 1. The second-order valence-corrected chi connectivity index (χ2v) is 7.10. The van der Waals surface area contributed by atoms with E-state index in [2.05, 4.69) is 63.1 Å². The van der Waals surface area contributed by atoms with Crippen molar-refractivity contribution in [2.45, 2.75) is 6.92 Å². The maximum atomic E-state index is 5.07. The molecular weight excluding hydrogens is 344 g/mol. The number of methoxy groups -OCH3 is 1. The van der Waals surface area contributed by atoms with Gasteiger partial charge in [-0.1, -0.05) is 35.6 Å². The van der Waals surface area contributed by atoms with E-state index in [-0.39, 0.29) is 0 Å². The highest BCUT2D eigenvalue weighted by Gasteiger charge is 2.12. The molecule has 4 rings (SSSR count). The minimum absolute atomic E-state index is 0.660. The lowest BCUT2D eigenvalue weighted by atomic mass is 10.00. The molecule has 0 saturated heterocycles. The van der Waals surface area contributed by atoms with Gasteiger partial charge in [-0.25, -0.2) is 9.97 Å². The van der Waals surface area contributed by atoms with Gasteiger partial charge in [-0.3, -0.25) is 0 Å². The summed E-state index contributed by atoms with van der Waals surface area (Å²) < 4.78 is 7.15. The summed E-state index contributed by atoms with van der Waals surface area (Å²) in [6.07, 6.45) is 7.85. The number of thiazole rings is 1. The first kappa shape index (κ1) is 16.8. The number of hydrogen-bond donors (Lipinski definition) is 1. The van der Waals surface area contributed by atoms with E-state index in [1.54, 1.807) is 18.4 Å². The molecule has 26 heavy (non-hydrogen) atoms. The van der Waals surface area contributed by atoms with Crippen molar-refractivity contribution < 1.29 is 4.74 Å². The number of imidazole rings is 1. The average Bonchev–Trinajstić information content (AvgIpc) is 3.31. The van der Waals surface area contributed by atoms with Gasteiger partial charge in [-0.05, 0) is 24.1 Å². The number of nitrogens with zero attached hydrogens (tertiary/aromatic N) is 3. The van der Waals surface area contributed by atoms with Crippen LogP contribution in [-0.4, -0.2) is 34.6 Å². The van der Waals surface area contributed by atoms with E-state index in [4.69, 9.17) is 4.74 Å². The maximum absolute atomic E-state index is 5.07. The SMILES string of the molecule is COCCNc1ncc(-c2cc(-c3ccccc3C)c3nccn3c2)s1. The van der Waals surface area contributed by atoms with E-state index in [1.807, 2.05) is 18.6 Å². The van der Waals surface area contributed by atoms with Crippen LogP contribution in [0.15, 0.2) is 55.1 Å². The molecule has 0 bridgehead atoms. The summed E-state index contributed by atoms with van der Waals surface area (Å²) in [6.45, 7) is 3.54. The molecule has 0 atom stereocenters. The highest BCUT2D eigenvalue weighted by Crippen LogP contribution is 2.34. The monoisotopic (exact) mass is 364 g/mol. The molecule has 3 heterocycles. The lowest BCUT2D eigenvalue weighted by molar-refractivity contribution is 0.211. The van der Waals surface area contributed by atoms with Crippen LogP contribution in [0.5, 0.6) is 0 Å². The molecule has 0 radical (unpaired) electrons. The third kappa shape index (κ3) is 3.21. The van der Waals surface area contributed by atoms with Crippen molar-refractivity contribution in [1.29, 1.82) is 0 Å². The Morgan fingerprint density at radius 1 is 1.19 bits per heavy atom. The maximum Gasteiger partial charge on any atom is 0.183 e. The van der Waals surface area contributed by atoms with Gasteiger partial charge in [-0.15, -0.1) is 0 Å². The molecule has 0 aliphatic carbocycles. The molecule has 3 aromatic heterocycles. The lowest BCUT2D eigenvalue weighted by Crippen LogP contribution is -2.06. The smallest absolute Gasteiger partial charge is 0.183 e. The number of hydrogen-bond acceptors (Lipinski definition) is 5. The Morgan fingerprint density at radius 3 is 2.92 bits per heavy atom. The van der Waals surface area contributed by atoms with Crippen LogP contribution >= 0.6 is 11.3 Å². The summed E-state index contributed by atoms with van der Waals surface area (Å²) in [5.41, 5.74) is 5.67. The largest absolute Gasteiger partial charge is 0.383 e. The molecule has 4 aromatic rings. The zero-order chi connectivity index (χ0) is 17.9. The van der Waals surface area contributed by atoms with Crippen LogP contribution in [0.1, 0.15) is 5.56 Å². The van der Waals surface area contributed by atoms with Crippen LogP contribution in [0.25, 0.3) is 27.2 Å². The molecule has 0 fully saturated rings. The van der Waals surface area contributed by atoms with Gasteiger partial charge in [0.15, 0.2) is 5.13 Å². The molecule has 0 saturated carbocycles. The predicted molar refractivity (Wildman–Crippen MR) is 107 cm³/mol. The highest BCUT2D eigenvalue weighted by atomic mass is 32.1. The summed E-state index contributed by atoms with van der Waals surface area (Å²) in [5.74, 6) is 0. The molecule has 0 unspecified atom stereocenters. The first-order valence-corrected chi connectivity index (χ1v) is 9.29. The van der Waals surface area contributed by atoms with Crippen molar-refractivity contribution >= 4 is 22.1 Å². The van der Waals surface area contributed by atoms with Crippen LogP contribution in [-0.2, 0) is 4.74 Å². The number of nitrogens with one attached hydrogen (secondary N) is 1. The number of rotatable bonds is 6. The highest BCUT2D eigenvalue weighted by molar-refractivity contribution is 7.18. The van der Waals surface area contributed by atoms with E-state index in [0.29, 0.717) is 6.61 Å². The molecule has 0 aliphatic rings. The number of ether oxygens (including phenoxy) is 1. The number of aromatic nitrogens is 3. The number of benzene rings is 1. The molecule has 6 heteroatoms. The van der Waals surface area contributed by atoms with E-state index < -0.39 is 0 Å². The van der Waals surface area contributed by atoms with Gasteiger partial charge in [0.2, 0.25) is 0 Å². The normalized spacial score (nSPS) is 11.2. The van der Waals surface area contributed by atoms with Crippen molar-refractivity contribution in [3.63, 3.8) is 0 Å². The van der Waals surface area contributed by atoms with E-state index in [0.717, 1.165) is 33.3 Å². The molecule has 0 spiro atoms. The van der Waals surface area contributed by atoms with Crippen LogP contribution in [0, 0.1) is 6.92 Å². The number of anilines is 1. The van der Waals surface area contributed by atoms with Gasteiger partial charge in [0.05, 0.1) is 11.5 Å². The Labute approximate surface area is 156 Å². The summed E-state index contributed by atoms with van der Waals surface area (Å²) in [4.78, 5) is 10.2. The van der Waals surface area contributed by atoms with Gasteiger partial charge in [0, 0.05) is 49.6 Å². The molecule has 132 valence electrons. The molecule has 1 aromatic carbocycles. The molecule has 0 amide bonds. The fourth-order valence-electron chi connectivity index (χ4n) is 2.99. The predicted octanol–water partition coefficient (Wildman–Crippen LogP) is 4.49. The molecular formula is C20H20N4OS. The zero-order valence-electron chi connectivity index (χ0n) is 14.8. The standard InChI is InChI=1S/C20H20N4OS/c1-14-5-3-4-6-16(14)17-11-15(13-24-9-7-21-19(17)24)18-12-23-20(26-18)22-8-10-25-2/h3-7,9,11-13H,8,10H2,1-2H3,(H,22,23). The molecule has 1 N–H and O–H groups in total. The van der Waals surface area contributed by atoms with Gasteiger partial charge in [-0.2, -0.15) is 0 Å². The topological polar surface area (TPSA) is 51.5 Å². The Morgan fingerprint density at radius 2 is 2.08 bits per heavy atom. The van der Waals surface area contributed by atoms with Crippen LogP contribution in [0.4, 0.5) is 5.13 Å². The summed E-state index contributed by atoms with van der Waals surface area (Å²) in [5, 5.41) is 4.19. The number of fused-ring (bicyclic) bond motifs is 1. The van der Waals surface area contributed by atoms with Crippen molar-refractivity contribution in [3.8, 4) is 21.6 Å². The van der Waals surface area contributed by atoms with E-state index >= 15 is 0 Å². The second kappa shape index (κ2) is 7.27. The van der Waals surface area contributed by atoms with Gasteiger partial charge >= 0.3 is 0 Å². The Balaban J connectivity index is 1.76. The minimum Gasteiger partial charge on any atom is -0.383 e. The first-order chi connectivity index (χ1) is 12.8. The Bertz CT molecular complexity index is 1040. The third-order valence-electron chi connectivity index (χ3n) is 4.30. The van der Waals surface area contributed by atoms with Gasteiger partial charge in [0.1, 0.15) is 5.65 Å². The quantitative estimate of drug-likeness (QED) is 0.512. The fraction of sp³-hybridized carbons (Fsp3) is 0.200. The van der Waals surface area contributed by atoms with Gasteiger partial charge in [0.25, 0.3) is 0 Å². The Kier molecular flexibility index (Phi) is 4.69. The summed E-state index contributed by atoms with van der Waals surface area (Å²) in [7, 11) is 1.70. The Hall–Kier alpha value is -2.70. The van der Waals surface area contributed by atoms with Crippen LogP contribution in [0.3, 0.4) is 0 Å². The van der Waals surface area contributed by atoms with Crippen molar-refractivity contribution in [2.75, 3.05) is 25.6 Å². The van der Waals surface area contributed by atoms with Gasteiger partial charge < -0.3 is 14.5 Å². The molecule has 5 nitrogen and oxygen atoms in total. The lowest BCUT2D eigenvalue weighted by Gasteiger charge is -2.10. The summed E-state index contributed by atoms with van der Waals surface area (Å²) in [6, 6.07) is 10.6.